The van der Waals surface area contributed by atoms with Crippen LogP contribution in [0.5, 0.6) is 0 Å². The Hall–Kier alpha value is -1.64. The standard InChI is InChI=1S/C12H13NO2/c1-8-3-5-10(6-4-8)12(14)11-7-9(2)13-15-11/h3-6,11H,7H2,1-2H3. The molecule has 0 fully saturated rings. The van der Waals surface area contributed by atoms with Crippen LogP contribution in [0.15, 0.2) is 29.4 Å². The number of ketones is 1. The van der Waals surface area contributed by atoms with Crippen molar-refractivity contribution in [2.75, 3.05) is 0 Å². The van der Waals surface area contributed by atoms with E-state index in [0.717, 1.165) is 11.3 Å². The van der Waals surface area contributed by atoms with Crippen molar-refractivity contribution < 1.29 is 9.63 Å². The van der Waals surface area contributed by atoms with Gasteiger partial charge in [-0.15, -0.1) is 0 Å². The molecule has 15 heavy (non-hydrogen) atoms. The van der Waals surface area contributed by atoms with Crippen LogP contribution in [0, 0.1) is 6.92 Å². The van der Waals surface area contributed by atoms with E-state index in [2.05, 4.69) is 5.16 Å². The van der Waals surface area contributed by atoms with Crippen LogP contribution in [0.2, 0.25) is 0 Å². The number of rotatable bonds is 2. The second-order valence-electron chi connectivity index (χ2n) is 3.86. The normalized spacial score (nSPS) is 19.6. The fraction of sp³-hybridized carbons (Fsp3) is 0.333. The van der Waals surface area contributed by atoms with Gasteiger partial charge in [-0.25, -0.2) is 0 Å². The molecule has 1 aromatic carbocycles. The van der Waals surface area contributed by atoms with E-state index in [1.54, 1.807) is 0 Å². The minimum absolute atomic E-state index is 0.00981. The van der Waals surface area contributed by atoms with E-state index in [4.69, 9.17) is 4.84 Å². The molecule has 0 saturated carbocycles. The highest BCUT2D eigenvalue weighted by atomic mass is 16.6. The summed E-state index contributed by atoms with van der Waals surface area (Å²) < 4.78 is 0. The Kier molecular flexibility index (Phi) is 2.54. The predicted molar refractivity (Wildman–Crippen MR) is 58.1 cm³/mol. The van der Waals surface area contributed by atoms with Gasteiger partial charge in [0.25, 0.3) is 0 Å². The Morgan fingerprint density at radius 3 is 2.53 bits per heavy atom. The number of benzene rings is 1. The van der Waals surface area contributed by atoms with Crippen molar-refractivity contribution in [1.82, 2.24) is 0 Å². The molecule has 0 radical (unpaired) electrons. The lowest BCUT2D eigenvalue weighted by molar-refractivity contribution is 0.0556. The van der Waals surface area contributed by atoms with Crippen LogP contribution >= 0.6 is 0 Å². The maximum Gasteiger partial charge on any atom is 0.206 e. The average molecular weight is 203 g/mol. The monoisotopic (exact) mass is 203 g/mol. The van der Waals surface area contributed by atoms with Gasteiger partial charge in [-0.3, -0.25) is 4.79 Å². The van der Waals surface area contributed by atoms with Gasteiger partial charge in [-0.05, 0) is 13.8 Å². The predicted octanol–water partition coefficient (Wildman–Crippen LogP) is 2.34. The van der Waals surface area contributed by atoms with Crippen molar-refractivity contribution in [3.63, 3.8) is 0 Å². The third kappa shape index (κ3) is 2.06. The second-order valence-corrected chi connectivity index (χ2v) is 3.86. The summed E-state index contributed by atoms with van der Waals surface area (Å²) in [4.78, 5) is 17.0. The minimum atomic E-state index is -0.423. The summed E-state index contributed by atoms with van der Waals surface area (Å²) in [6.45, 7) is 3.86. The van der Waals surface area contributed by atoms with E-state index in [1.165, 1.54) is 0 Å². The van der Waals surface area contributed by atoms with Crippen LogP contribution in [0.4, 0.5) is 0 Å². The zero-order valence-corrected chi connectivity index (χ0v) is 8.86. The van der Waals surface area contributed by atoms with Gasteiger partial charge in [0, 0.05) is 12.0 Å². The molecule has 0 aromatic heterocycles. The van der Waals surface area contributed by atoms with Crippen molar-refractivity contribution in [3.8, 4) is 0 Å². The van der Waals surface area contributed by atoms with E-state index >= 15 is 0 Å². The van der Waals surface area contributed by atoms with Crippen LogP contribution in [0.25, 0.3) is 0 Å². The van der Waals surface area contributed by atoms with Crippen LogP contribution < -0.4 is 0 Å². The Balaban J connectivity index is 2.12. The Bertz CT molecular complexity index is 406. The summed E-state index contributed by atoms with van der Waals surface area (Å²) in [6.07, 6.45) is 0.180. The van der Waals surface area contributed by atoms with Gasteiger partial charge in [0.2, 0.25) is 5.78 Å². The Labute approximate surface area is 88.7 Å². The van der Waals surface area contributed by atoms with Crippen molar-refractivity contribution in [3.05, 3.63) is 35.4 Å². The van der Waals surface area contributed by atoms with Crippen LogP contribution in [0.3, 0.4) is 0 Å². The van der Waals surface area contributed by atoms with Gasteiger partial charge < -0.3 is 4.84 Å². The second kappa shape index (κ2) is 3.85. The smallest absolute Gasteiger partial charge is 0.206 e. The Morgan fingerprint density at radius 2 is 2.00 bits per heavy atom. The molecule has 1 aromatic rings. The van der Waals surface area contributed by atoms with Crippen molar-refractivity contribution in [1.29, 1.82) is 0 Å². The zero-order valence-electron chi connectivity index (χ0n) is 8.86. The van der Waals surface area contributed by atoms with E-state index in [9.17, 15) is 4.79 Å². The summed E-state index contributed by atoms with van der Waals surface area (Å²) >= 11 is 0. The van der Waals surface area contributed by atoms with Gasteiger partial charge in [0.15, 0.2) is 6.10 Å². The zero-order chi connectivity index (χ0) is 10.8. The van der Waals surface area contributed by atoms with Gasteiger partial charge in [0.05, 0.1) is 5.71 Å². The molecule has 1 unspecified atom stereocenters. The molecule has 1 atom stereocenters. The fourth-order valence-corrected chi connectivity index (χ4v) is 1.54. The molecular weight excluding hydrogens is 190 g/mol. The van der Waals surface area contributed by atoms with Gasteiger partial charge >= 0.3 is 0 Å². The third-order valence-electron chi connectivity index (χ3n) is 2.45. The van der Waals surface area contributed by atoms with Gasteiger partial charge in [-0.2, -0.15) is 0 Å². The van der Waals surface area contributed by atoms with Gasteiger partial charge in [-0.1, -0.05) is 35.0 Å². The average Bonchev–Trinajstić information content (AvgIpc) is 2.65. The molecule has 2 rings (SSSR count). The first-order valence-electron chi connectivity index (χ1n) is 4.97. The summed E-state index contributed by atoms with van der Waals surface area (Å²) in [6, 6.07) is 7.51. The first-order chi connectivity index (χ1) is 7.16. The number of nitrogens with zero attached hydrogens (tertiary/aromatic N) is 1. The number of oxime groups is 1. The quantitative estimate of drug-likeness (QED) is 0.692. The van der Waals surface area contributed by atoms with Crippen LogP contribution in [0.1, 0.15) is 29.3 Å². The maximum atomic E-state index is 11.9. The summed E-state index contributed by atoms with van der Waals surface area (Å²) in [7, 11) is 0. The minimum Gasteiger partial charge on any atom is -0.384 e. The van der Waals surface area contributed by atoms with E-state index in [-0.39, 0.29) is 5.78 Å². The van der Waals surface area contributed by atoms with E-state index in [1.807, 2.05) is 38.1 Å². The van der Waals surface area contributed by atoms with Crippen molar-refractivity contribution in [2.24, 2.45) is 5.16 Å². The van der Waals surface area contributed by atoms with E-state index in [0.29, 0.717) is 12.0 Å². The van der Waals surface area contributed by atoms with Crippen molar-refractivity contribution in [2.45, 2.75) is 26.4 Å². The molecule has 3 nitrogen and oxygen atoms in total. The molecule has 0 bridgehead atoms. The lowest BCUT2D eigenvalue weighted by Crippen LogP contribution is -2.20. The SMILES string of the molecule is CC1=NOC(C(=O)c2ccc(C)cc2)C1. The first-order valence-corrected chi connectivity index (χ1v) is 4.97. The highest BCUT2D eigenvalue weighted by molar-refractivity contribution is 6.02. The lowest BCUT2D eigenvalue weighted by atomic mass is 10.0. The number of hydrogen-bond acceptors (Lipinski definition) is 3. The molecule has 0 N–H and O–H groups in total. The number of carbonyl (C=O) groups is 1. The molecule has 1 aliphatic heterocycles. The molecule has 0 spiro atoms. The van der Waals surface area contributed by atoms with Gasteiger partial charge in [0.1, 0.15) is 0 Å². The molecule has 1 aliphatic rings. The van der Waals surface area contributed by atoms with Crippen LogP contribution in [-0.2, 0) is 4.84 Å². The number of Topliss-reactive ketones (excluding diaryl/α,β-unsaturated/α-hetero) is 1. The number of hydrogen-bond donors (Lipinski definition) is 0. The molecule has 78 valence electrons. The molecule has 1 heterocycles. The number of carbonyl (C=O) groups excluding carboxylic acids is 1. The molecule has 0 aliphatic carbocycles. The summed E-state index contributed by atoms with van der Waals surface area (Å²) in [5, 5.41) is 3.78. The summed E-state index contributed by atoms with van der Waals surface area (Å²) in [5.41, 5.74) is 2.71. The fourth-order valence-electron chi connectivity index (χ4n) is 1.54. The molecule has 0 saturated heterocycles. The largest absolute Gasteiger partial charge is 0.384 e. The topological polar surface area (TPSA) is 38.7 Å². The van der Waals surface area contributed by atoms with Crippen molar-refractivity contribution >= 4 is 11.5 Å². The van der Waals surface area contributed by atoms with E-state index < -0.39 is 6.10 Å². The third-order valence-corrected chi connectivity index (χ3v) is 2.45. The number of aryl methyl sites for hydroxylation is 1. The van der Waals surface area contributed by atoms with Crippen LogP contribution in [-0.4, -0.2) is 17.6 Å². The Morgan fingerprint density at radius 1 is 1.33 bits per heavy atom. The first kappa shape index (κ1) is 9.90. The molecular formula is C12H13NO2. The molecule has 3 heteroatoms. The maximum absolute atomic E-state index is 11.9. The highest BCUT2D eigenvalue weighted by Crippen LogP contribution is 2.16. The highest BCUT2D eigenvalue weighted by Gasteiger charge is 2.26. The molecule has 0 amide bonds. The summed E-state index contributed by atoms with van der Waals surface area (Å²) in [5.74, 6) is 0.00981. The lowest BCUT2D eigenvalue weighted by Gasteiger charge is -2.06.